The predicted octanol–water partition coefficient (Wildman–Crippen LogP) is 15.5. The smallest absolute Gasteiger partial charge is 0.136 e. The van der Waals surface area contributed by atoms with Crippen LogP contribution >= 0.6 is 0 Å². The summed E-state index contributed by atoms with van der Waals surface area (Å²) in [7, 11) is 0. The van der Waals surface area contributed by atoms with Gasteiger partial charge in [-0.3, -0.25) is 0 Å². The maximum atomic E-state index is 6.47. The van der Waals surface area contributed by atoms with E-state index < -0.39 is 5.41 Å². The van der Waals surface area contributed by atoms with E-state index in [1.165, 1.54) is 88.2 Å². The molecule has 2 nitrogen and oxygen atoms in total. The largest absolute Gasteiger partial charge is 0.456 e. The lowest BCUT2D eigenvalue weighted by atomic mass is 9.67. The van der Waals surface area contributed by atoms with Gasteiger partial charge in [-0.2, -0.15) is 0 Å². The number of hydrogen-bond acceptors (Lipinski definition) is 1. The summed E-state index contributed by atoms with van der Waals surface area (Å²) in [6, 6.07) is 82.5. The Labute approximate surface area is 353 Å². The van der Waals surface area contributed by atoms with E-state index in [4.69, 9.17) is 4.42 Å². The third-order valence-electron chi connectivity index (χ3n) is 13.3. The molecule has 2 aromatic heterocycles. The first-order valence-electron chi connectivity index (χ1n) is 21.1. The minimum absolute atomic E-state index is 0.564. The van der Waals surface area contributed by atoms with Crippen LogP contribution in [0.2, 0.25) is 0 Å². The van der Waals surface area contributed by atoms with Crippen molar-refractivity contribution < 1.29 is 4.42 Å². The Morgan fingerprint density at radius 3 is 1.64 bits per heavy atom. The van der Waals surface area contributed by atoms with Gasteiger partial charge in [-0.1, -0.05) is 182 Å². The number of benzene rings is 10. The molecule has 2 heterocycles. The fraction of sp³-hybridized carbons (Fsp3) is 0.0169. The Morgan fingerprint density at radius 2 is 0.934 bits per heavy atom. The molecule has 0 spiro atoms. The minimum atomic E-state index is -0.564. The molecule has 0 saturated carbocycles. The van der Waals surface area contributed by atoms with Crippen molar-refractivity contribution in [1.82, 2.24) is 4.57 Å². The van der Waals surface area contributed by atoms with Crippen LogP contribution in [0.3, 0.4) is 0 Å². The lowest BCUT2D eigenvalue weighted by Crippen LogP contribution is -2.28. The van der Waals surface area contributed by atoms with Gasteiger partial charge in [-0.25, -0.2) is 0 Å². The van der Waals surface area contributed by atoms with E-state index >= 15 is 0 Å². The number of hydrogen-bond donors (Lipinski definition) is 0. The maximum Gasteiger partial charge on any atom is 0.136 e. The third-order valence-corrected chi connectivity index (χ3v) is 13.3. The Kier molecular flexibility index (Phi) is 7.26. The van der Waals surface area contributed by atoms with Crippen molar-refractivity contribution in [2.75, 3.05) is 0 Å². The van der Waals surface area contributed by atoms with Crippen LogP contribution in [0.25, 0.3) is 93.6 Å². The number of nitrogens with zero attached hydrogens (tertiary/aromatic N) is 1. The predicted molar refractivity (Wildman–Crippen MR) is 254 cm³/mol. The van der Waals surface area contributed by atoms with Crippen LogP contribution in [0.1, 0.15) is 22.3 Å². The highest BCUT2D eigenvalue weighted by Crippen LogP contribution is 2.59. The van der Waals surface area contributed by atoms with Crippen molar-refractivity contribution in [3.63, 3.8) is 0 Å². The fourth-order valence-corrected chi connectivity index (χ4v) is 10.6. The van der Waals surface area contributed by atoms with Gasteiger partial charge in [0.05, 0.1) is 16.4 Å². The van der Waals surface area contributed by atoms with E-state index in [2.05, 4.69) is 229 Å². The van der Waals surface area contributed by atoms with E-state index in [1.807, 2.05) is 0 Å². The van der Waals surface area contributed by atoms with Crippen LogP contribution in [0.4, 0.5) is 0 Å². The molecule has 0 saturated heterocycles. The summed E-state index contributed by atoms with van der Waals surface area (Å²) >= 11 is 0. The summed E-state index contributed by atoms with van der Waals surface area (Å²) in [5.41, 5.74) is 17.2. The molecule has 0 N–H and O–H groups in total. The van der Waals surface area contributed by atoms with Crippen LogP contribution < -0.4 is 0 Å². The second kappa shape index (κ2) is 13.0. The maximum absolute atomic E-state index is 6.47. The molecule has 0 atom stereocenters. The zero-order valence-electron chi connectivity index (χ0n) is 33.2. The van der Waals surface area contributed by atoms with E-state index in [0.29, 0.717) is 0 Å². The van der Waals surface area contributed by atoms with Crippen molar-refractivity contribution in [2.45, 2.75) is 5.41 Å². The SMILES string of the molecule is c1ccc(-c2ccc(C3(c4ccc(-c5ccccc5)cc4)c4ccccc4-c4c3ccc3c4c4ccccc4n3-c3ccc4oc5cc6ccccc6cc5c4c3)cc2)cc1. The van der Waals surface area contributed by atoms with Crippen molar-refractivity contribution in [2.24, 2.45) is 0 Å². The van der Waals surface area contributed by atoms with E-state index in [-0.39, 0.29) is 0 Å². The molecule has 0 aliphatic heterocycles. The van der Waals surface area contributed by atoms with E-state index in [9.17, 15) is 0 Å². The first-order valence-corrected chi connectivity index (χ1v) is 21.1. The summed E-state index contributed by atoms with van der Waals surface area (Å²) in [6.45, 7) is 0. The Bertz CT molecular complexity index is 3580. The van der Waals surface area contributed by atoms with Gasteiger partial charge < -0.3 is 8.98 Å². The molecule has 12 aromatic rings. The molecule has 0 bridgehead atoms. The van der Waals surface area contributed by atoms with Gasteiger partial charge >= 0.3 is 0 Å². The fourth-order valence-electron chi connectivity index (χ4n) is 10.6. The molecule has 1 aliphatic rings. The van der Waals surface area contributed by atoms with Crippen LogP contribution in [0.15, 0.2) is 229 Å². The Morgan fingerprint density at radius 1 is 0.361 bits per heavy atom. The standard InChI is InChI=1S/C59H37NO/c1-3-13-38(14-4-1)40-23-27-44(28-24-40)59(45-29-25-41(26-30-45)39-15-5-2-6-16-39)51-21-11-9-19-47(51)57-52(59)32-33-54-58(57)48-20-10-12-22-53(48)60(54)46-31-34-55-50(37-46)49-35-42-17-7-8-18-43(42)36-56(49)61-55/h1-37H. The topological polar surface area (TPSA) is 18.1 Å². The van der Waals surface area contributed by atoms with Gasteiger partial charge in [0.15, 0.2) is 0 Å². The summed E-state index contributed by atoms with van der Waals surface area (Å²) in [5.74, 6) is 0. The van der Waals surface area contributed by atoms with Gasteiger partial charge in [0.1, 0.15) is 11.2 Å². The average Bonchev–Trinajstić information content (AvgIpc) is 3.97. The van der Waals surface area contributed by atoms with Crippen molar-refractivity contribution in [1.29, 1.82) is 0 Å². The number of para-hydroxylation sites is 1. The molecule has 0 unspecified atom stereocenters. The lowest BCUT2D eigenvalue weighted by Gasteiger charge is -2.34. The third kappa shape index (κ3) is 4.91. The molecule has 13 rings (SSSR count). The molecular formula is C59H37NO. The molecule has 10 aromatic carbocycles. The molecule has 0 amide bonds. The highest BCUT2D eigenvalue weighted by atomic mass is 16.3. The molecule has 61 heavy (non-hydrogen) atoms. The van der Waals surface area contributed by atoms with Gasteiger partial charge in [0.2, 0.25) is 0 Å². The second-order valence-electron chi connectivity index (χ2n) is 16.4. The quantitative estimate of drug-likeness (QED) is 0.170. The van der Waals surface area contributed by atoms with Crippen LogP contribution in [-0.2, 0) is 5.41 Å². The summed E-state index contributed by atoms with van der Waals surface area (Å²) < 4.78 is 8.92. The minimum Gasteiger partial charge on any atom is -0.456 e. The van der Waals surface area contributed by atoms with Crippen LogP contribution in [-0.4, -0.2) is 4.57 Å². The zero-order valence-corrected chi connectivity index (χ0v) is 33.2. The molecule has 2 heteroatoms. The zero-order chi connectivity index (χ0) is 40.1. The Balaban J connectivity index is 1.08. The van der Waals surface area contributed by atoms with Gasteiger partial charge in [-0.15, -0.1) is 0 Å². The van der Waals surface area contributed by atoms with Crippen LogP contribution in [0, 0.1) is 0 Å². The van der Waals surface area contributed by atoms with Crippen molar-refractivity contribution >= 4 is 54.5 Å². The van der Waals surface area contributed by atoms with Gasteiger partial charge in [0, 0.05) is 27.2 Å². The van der Waals surface area contributed by atoms with Crippen LogP contribution in [0.5, 0.6) is 0 Å². The van der Waals surface area contributed by atoms with Gasteiger partial charge in [-0.05, 0) is 109 Å². The summed E-state index contributed by atoms with van der Waals surface area (Å²) in [4.78, 5) is 0. The molecule has 0 fully saturated rings. The molecule has 0 radical (unpaired) electrons. The lowest BCUT2D eigenvalue weighted by molar-refractivity contribution is 0.669. The number of fused-ring (bicyclic) bond motifs is 11. The van der Waals surface area contributed by atoms with Gasteiger partial charge in [0.25, 0.3) is 0 Å². The summed E-state index contributed by atoms with van der Waals surface area (Å²) in [6.07, 6.45) is 0. The van der Waals surface area contributed by atoms with Crippen molar-refractivity contribution in [3.8, 4) is 39.1 Å². The Hall–Kier alpha value is -7.94. The number of furan rings is 1. The van der Waals surface area contributed by atoms with Crippen molar-refractivity contribution in [3.05, 3.63) is 247 Å². The highest BCUT2D eigenvalue weighted by Gasteiger charge is 2.47. The number of aromatic nitrogens is 1. The number of rotatable bonds is 5. The molecule has 1 aliphatic carbocycles. The second-order valence-corrected chi connectivity index (χ2v) is 16.4. The van der Waals surface area contributed by atoms with E-state index in [1.54, 1.807) is 0 Å². The molecular weight excluding hydrogens is 739 g/mol. The monoisotopic (exact) mass is 775 g/mol. The first kappa shape index (κ1) is 34.0. The first-order chi connectivity index (χ1) is 30.2. The van der Waals surface area contributed by atoms with E-state index in [0.717, 1.165) is 27.6 Å². The average molecular weight is 776 g/mol. The molecule has 284 valence electrons. The normalized spacial score (nSPS) is 13.0. The highest BCUT2D eigenvalue weighted by molar-refractivity contribution is 6.19. The summed E-state index contributed by atoms with van der Waals surface area (Å²) in [5, 5.41) is 7.15.